The Bertz CT molecular complexity index is 1430. The van der Waals surface area contributed by atoms with E-state index in [1.165, 1.54) is 4.68 Å². The lowest BCUT2D eigenvalue weighted by atomic mass is 10.1. The normalized spacial score (nSPS) is 10.9. The van der Waals surface area contributed by atoms with Crippen molar-refractivity contribution in [2.45, 2.75) is 39.9 Å². The molecule has 0 aliphatic rings. The van der Waals surface area contributed by atoms with Crippen molar-refractivity contribution in [3.05, 3.63) is 110 Å². The molecule has 0 bridgehead atoms. The first-order chi connectivity index (χ1) is 17.4. The molecular formula is C27H28ClN5O3. The molecule has 4 aromatic rings. The smallest absolute Gasteiger partial charge is 0.272 e. The van der Waals surface area contributed by atoms with Gasteiger partial charge in [-0.3, -0.25) is 9.59 Å². The summed E-state index contributed by atoms with van der Waals surface area (Å²) in [6.07, 6.45) is 1.61. The molecule has 1 amide bonds. The summed E-state index contributed by atoms with van der Waals surface area (Å²) >= 11 is 6.08. The fourth-order valence-electron chi connectivity index (χ4n) is 3.97. The van der Waals surface area contributed by atoms with Gasteiger partial charge in [0.2, 0.25) is 5.91 Å². The predicted molar refractivity (Wildman–Crippen MR) is 140 cm³/mol. The van der Waals surface area contributed by atoms with Crippen LogP contribution in [0, 0.1) is 13.8 Å². The molecular weight excluding hydrogens is 478 g/mol. The van der Waals surface area contributed by atoms with E-state index < -0.39 is 0 Å². The number of amides is 1. The number of rotatable bonds is 9. The molecule has 0 spiro atoms. The Balaban J connectivity index is 1.47. The van der Waals surface area contributed by atoms with Crippen LogP contribution >= 0.6 is 11.6 Å². The molecule has 0 saturated heterocycles. The summed E-state index contributed by atoms with van der Waals surface area (Å²) < 4.78 is 6.79. The average Bonchev–Trinajstić information content (AvgIpc) is 3.25. The molecule has 4 N–H and O–H groups in total. The molecule has 4 rings (SSSR count). The van der Waals surface area contributed by atoms with Crippen LogP contribution in [-0.2, 0) is 30.8 Å². The van der Waals surface area contributed by atoms with Crippen LogP contribution in [0.2, 0.25) is 5.02 Å². The maximum Gasteiger partial charge on any atom is 0.272 e. The number of aromatic nitrogens is 2. The van der Waals surface area contributed by atoms with Crippen LogP contribution in [0.4, 0.5) is 0 Å². The highest BCUT2D eigenvalue weighted by atomic mass is 35.5. The molecule has 2 heterocycles. The minimum atomic E-state index is -0.286. The van der Waals surface area contributed by atoms with Crippen molar-refractivity contribution in [1.29, 1.82) is 0 Å². The van der Waals surface area contributed by atoms with Gasteiger partial charge in [0.05, 0.1) is 13.0 Å². The third kappa shape index (κ3) is 5.67. The standard InChI is InChI=1S/C27H28ClN5O3/c1-17-10-11-33(31-16-24-18(2)36-32-26(24)19-6-4-3-5-7-19)27(35)23(17)13-25(34)30-15-21-12-22(28)9-8-20(21)14-29/h3-12,31H,13-16,29H2,1-2H3,(H,30,34). The average molecular weight is 506 g/mol. The van der Waals surface area contributed by atoms with E-state index in [-0.39, 0.29) is 24.4 Å². The highest BCUT2D eigenvalue weighted by Gasteiger charge is 2.16. The number of benzene rings is 2. The van der Waals surface area contributed by atoms with Crippen LogP contribution in [0.25, 0.3) is 11.3 Å². The van der Waals surface area contributed by atoms with E-state index in [2.05, 4.69) is 15.9 Å². The summed E-state index contributed by atoms with van der Waals surface area (Å²) in [7, 11) is 0. The van der Waals surface area contributed by atoms with E-state index >= 15 is 0 Å². The molecule has 8 nitrogen and oxygen atoms in total. The van der Waals surface area contributed by atoms with Gasteiger partial charge in [0.15, 0.2) is 0 Å². The highest BCUT2D eigenvalue weighted by Crippen LogP contribution is 2.25. The van der Waals surface area contributed by atoms with E-state index in [0.29, 0.717) is 29.4 Å². The molecule has 0 saturated carbocycles. The Hall–Kier alpha value is -3.88. The summed E-state index contributed by atoms with van der Waals surface area (Å²) in [6.45, 7) is 4.59. The van der Waals surface area contributed by atoms with Crippen molar-refractivity contribution in [2.24, 2.45) is 5.73 Å². The summed E-state index contributed by atoms with van der Waals surface area (Å²) in [4.78, 5) is 25.9. The van der Waals surface area contributed by atoms with Crippen LogP contribution in [-0.4, -0.2) is 15.7 Å². The van der Waals surface area contributed by atoms with Crippen molar-refractivity contribution in [1.82, 2.24) is 15.1 Å². The van der Waals surface area contributed by atoms with Crippen molar-refractivity contribution < 1.29 is 9.32 Å². The van der Waals surface area contributed by atoms with Crippen LogP contribution in [0.1, 0.15) is 33.6 Å². The summed E-state index contributed by atoms with van der Waals surface area (Å²) in [5.74, 6) is 0.399. The molecule has 0 fully saturated rings. The van der Waals surface area contributed by atoms with Crippen molar-refractivity contribution in [3.63, 3.8) is 0 Å². The quantitative estimate of drug-likeness (QED) is 0.318. The molecule has 0 unspecified atom stereocenters. The number of pyridine rings is 1. The summed E-state index contributed by atoms with van der Waals surface area (Å²) in [5.41, 5.74) is 14.0. The van der Waals surface area contributed by atoms with Crippen molar-refractivity contribution >= 4 is 17.5 Å². The second-order valence-corrected chi connectivity index (χ2v) is 8.93. The van der Waals surface area contributed by atoms with Gasteiger partial charge >= 0.3 is 0 Å². The van der Waals surface area contributed by atoms with Gasteiger partial charge in [-0.15, -0.1) is 0 Å². The number of hydrogen-bond donors (Lipinski definition) is 3. The van der Waals surface area contributed by atoms with E-state index in [9.17, 15) is 9.59 Å². The maximum absolute atomic E-state index is 13.2. The summed E-state index contributed by atoms with van der Waals surface area (Å²) in [5, 5.41) is 7.62. The minimum absolute atomic E-state index is 0.0483. The summed E-state index contributed by atoms with van der Waals surface area (Å²) in [6, 6.07) is 16.9. The largest absolute Gasteiger partial charge is 0.361 e. The molecule has 2 aromatic carbocycles. The number of hydrogen-bond acceptors (Lipinski definition) is 6. The SMILES string of the molecule is Cc1ccn(NCc2c(-c3ccccc3)noc2C)c(=O)c1CC(=O)NCc1cc(Cl)ccc1CN. The number of halogens is 1. The van der Waals surface area contributed by atoms with Crippen LogP contribution in [0.5, 0.6) is 0 Å². The van der Waals surface area contributed by atoms with Crippen LogP contribution < -0.4 is 22.0 Å². The maximum atomic E-state index is 13.2. The Kier molecular flexibility index (Phi) is 7.87. The number of nitrogens with zero attached hydrogens (tertiary/aromatic N) is 2. The Labute approximate surface area is 214 Å². The van der Waals surface area contributed by atoms with Crippen molar-refractivity contribution in [2.75, 3.05) is 5.43 Å². The zero-order chi connectivity index (χ0) is 25.7. The highest BCUT2D eigenvalue weighted by molar-refractivity contribution is 6.30. The fourth-order valence-corrected chi connectivity index (χ4v) is 4.16. The molecule has 186 valence electrons. The molecule has 0 radical (unpaired) electrons. The number of carbonyl (C=O) groups excluding carboxylic acids is 1. The molecule has 9 heteroatoms. The van der Waals surface area contributed by atoms with Gasteiger partial charge in [-0.25, -0.2) is 4.68 Å². The van der Waals surface area contributed by atoms with Gasteiger partial charge in [0.25, 0.3) is 5.56 Å². The molecule has 0 aliphatic heterocycles. The van der Waals surface area contributed by atoms with E-state index in [1.54, 1.807) is 24.4 Å². The van der Waals surface area contributed by atoms with Crippen LogP contribution in [0.15, 0.2) is 70.1 Å². The third-order valence-corrected chi connectivity index (χ3v) is 6.32. The zero-order valence-corrected chi connectivity index (χ0v) is 20.9. The number of carbonyl (C=O) groups is 1. The first kappa shape index (κ1) is 25.2. The fraction of sp³-hybridized carbons (Fsp3) is 0.222. The second kappa shape index (κ2) is 11.2. The van der Waals surface area contributed by atoms with E-state index in [0.717, 1.165) is 33.5 Å². The topological polar surface area (TPSA) is 115 Å². The first-order valence-corrected chi connectivity index (χ1v) is 11.9. The van der Waals surface area contributed by atoms with Crippen LogP contribution in [0.3, 0.4) is 0 Å². The lowest BCUT2D eigenvalue weighted by Gasteiger charge is -2.14. The minimum Gasteiger partial charge on any atom is -0.361 e. The molecule has 0 atom stereocenters. The van der Waals surface area contributed by atoms with Crippen molar-refractivity contribution in [3.8, 4) is 11.3 Å². The van der Waals surface area contributed by atoms with Gasteiger partial charge in [0, 0.05) is 41.0 Å². The van der Waals surface area contributed by atoms with Gasteiger partial charge in [-0.2, -0.15) is 0 Å². The molecule has 2 aromatic heterocycles. The number of aryl methyl sites for hydroxylation is 2. The van der Waals surface area contributed by atoms with Gasteiger partial charge in [-0.05, 0) is 48.7 Å². The van der Waals surface area contributed by atoms with Gasteiger partial charge in [0.1, 0.15) is 11.5 Å². The Morgan fingerprint density at radius 2 is 1.83 bits per heavy atom. The Morgan fingerprint density at radius 1 is 1.06 bits per heavy atom. The molecule has 36 heavy (non-hydrogen) atoms. The molecule has 0 aliphatic carbocycles. The number of nitrogens with two attached hydrogens (primary N) is 1. The van der Waals surface area contributed by atoms with Gasteiger partial charge in [-0.1, -0.05) is 53.2 Å². The van der Waals surface area contributed by atoms with E-state index in [4.69, 9.17) is 21.9 Å². The predicted octanol–water partition coefficient (Wildman–Crippen LogP) is 3.83. The second-order valence-electron chi connectivity index (χ2n) is 8.49. The lowest BCUT2D eigenvalue weighted by Crippen LogP contribution is -2.34. The lowest BCUT2D eigenvalue weighted by molar-refractivity contribution is -0.120. The first-order valence-electron chi connectivity index (χ1n) is 11.6. The van der Waals surface area contributed by atoms with Gasteiger partial charge < -0.3 is 21.0 Å². The Morgan fingerprint density at radius 3 is 2.58 bits per heavy atom. The van der Waals surface area contributed by atoms with E-state index in [1.807, 2.05) is 50.2 Å². The monoisotopic (exact) mass is 505 g/mol. The number of nitrogens with one attached hydrogen (secondary N) is 2. The third-order valence-electron chi connectivity index (χ3n) is 6.09. The zero-order valence-electron chi connectivity index (χ0n) is 20.2.